The number of carbonyl (C=O) groups excluding carboxylic acids is 2. The molecule has 0 atom stereocenters. The Morgan fingerprint density at radius 3 is 2.77 bits per heavy atom. The Labute approximate surface area is 151 Å². The largest absolute Gasteiger partial charge is 0.353 e. The van der Waals surface area contributed by atoms with Crippen LogP contribution in [0.25, 0.3) is 21.8 Å². The minimum Gasteiger partial charge on any atom is -0.353 e. The van der Waals surface area contributed by atoms with Crippen molar-refractivity contribution < 1.29 is 9.59 Å². The average Bonchev–Trinajstić information content (AvgIpc) is 3.05. The second-order valence-electron chi connectivity index (χ2n) is 6.83. The number of carbonyl (C=O) groups is 2. The van der Waals surface area contributed by atoms with Crippen molar-refractivity contribution >= 4 is 33.6 Å². The number of hydrogen-bond acceptors (Lipinski definition) is 4. The smallest absolute Gasteiger partial charge is 0.229 e. The van der Waals surface area contributed by atoms with E-state index in [0.717, 1.165) is 53.4 Å². The molecule has 0 spiro atoms. The topological polar surface area (TPSA) is 86.9 Å². The summed E-state index contributed by atoms with van der Waals surface area (Å²) in [4.78, 5) is 32.0. The molecular weight excluding hydrogens is 328 g/mol. The Balaban J connectivity index is 1.40. The Hall–Kier alpha value is -2.73. The van der Waals surface area contributed by atoms with Gasteiger partial charge in [0, 0.05) is 34.3 Å². The van der Waals surface area contributed by atoms with Gasteiger partial charge >= 0.3 is 0 Å². The molecule has 1 fully saturated rings. The summed E-state index contributed by atoms with van der Waals surface area (Å²) in [6, 6.07) is 10.1. The van der Waals surface area contributed by atoms with Crippen molar-refractivity contribution in [2.24, 2.45) is 5.92 Å². The maximum atomic E-state index is 12.1. The molecule has 1 aromatic carbocycles. The molecule has 6 heteroatoms. The fourth-order valence-electron chi connectivity index (χ4n) is 3.56. The maximum Gasteiger partial charge on any atom is 0.229 e. The number of H-pyrrole nitrogens is 1. The number of fused-ring (bicyclic) bond motifs is 3. The van der Waals surface area contributed by atoms with E-state index >= 15 is 0 Å². The second-order valence-corrected chi connectivity index (χ2v) is 6.83. The van der Waals surface area contributed by atoms with Gasteiger partial charge in [0.15, 0.2) is 0 Å². The number of piperidine rings is 1. The first-order chi connectivity index (χ1) is 12.7. The van der Waals surface area contributed by atoms with Crippen molar-refractivity contribution in [2.45, 2.75) is 25.7 Å². The van der Waals surface area contributed by atoms with Crippen molar-refractivity contribution in [1.82, 2.24) is 20.6 Å². The summed E-state index contributed by atoms with van der Waals surface area (Å²) in [5.74, 6) is -0.424. The number of nitrogens with zero attached hydrogens (tertiary/aromatic N) is 1. The lowest BCUT2D eigenvalue weighted by atomic mass is 9.97. The van der Waals surface area contributed by atoms with Crippen LogP contribution in [0.5, 0.6) is 0 Å². The van der Waals surface area contributed by atoms with Gasteiger partial charge in [-0.1, -0.05) is 18.2 Å². The van der Waals surface area contributed by atoms with Crippen LogP contribution in [0.1, 0.15) is 25.0 Å². The van der Waals surface area contributed by atoms with Crippen LogP contribution in [0.2, 0.25) is 0 Å². The molecule has 134 valence electrons. The molecule has 6 nitrogen and oxygen atoms in total. The van der Waals surface area contributed by atoms with Gasteiger partial charge in [-0.2, -0.15) is 0 Å². The molecule has 3 heterocycles. The van der Waals surface area contributed by atoms with Crippen LogP contribution < -0.4 is 10.6 Å². The second kappa shape index (κ2) is 7.25. The number of hydrogen-bond donors (Lipinski definition) is 3. The molecule has 0 saturated carbocycles. The van der Waals surface area contributed by atoms with Crippen LogP contribution >= 0.6 is 0 Å². The summed E-state index contributed by atoms with van der Waals surface area (Å²) in [5, 5.41) is 8.02. The van der Waals surface area contributed by atoms with Crippen molar-refractivity contribution in [3.8, 4) is 0 Å². The molecule has 0 aliphatic carbocycles. The molecule has 1 aliphatic heterocycles. The van der Waals surface area contributed by atoms with Gasteiger partial charge in [0.1, 0.15) is 0 Å². The quantitative estimate of drug-likeness (QED) is 0.674. The van der Waals surface area contributed by atoms with Crippen LogP contribution in [-0.2, 0) is 16.0 Å². The fourth-order valence-corrected chi connectivity index (χ4v) is 3.56. The zero-order valence-corrected chi connectivity index (χ0v) is 14.5. The maximum absolute atomic E-state index is 12.1. The van der Waals surface area contributed by atoms with E-state index in [-0.39, 0.29) is 24.2 Å². The van der Waals surface area contributed by atoms with Crippen LogP contribution in [0.3, 0.4) is 0 Å². The number of pyridine rings is 1. The van der Waals surface area contributed by atoms with Crippen LogP contribution in [0.4, 0.5) is 0 Å². The molecular formula is C20H22N4O2. The summed E-state index contributed by atoms with van der Waals surface area (Å²) in [5.41, 5.74) is 2.92. The van der Waals surface area contributed by atoms with Gasteiger partial charge < -0.3 is 10.3 Å². The van der Waals surface area contributed by atoms with Gasteiger partial charge in [-0.3, -0.25) is 19.9 Å². The third-order valence-electron chi connectivity index (χ3n) is 5.03. The number of nitrogens with one attached hydrogen (secondary N) is 3. The molecule has 3 aromatic rings. The Bertz CT molecular complexity index is 957. The minimum absolute atomic E-state index is 0.0547. The summed E-state index contributed by atoms with van der Waals surface area (Å²) in [6.07, 6.45) is 4.16. The molecule has 0 bridgehead atoms. The fraction of sp³-hybridized carbons (Fsp3) is 0.350. The normalized spacial score (nSPS) is 15.4. The molecule has 0 radical (unpaired) electrons. The number of amides is 2. The molecule has 1 saturated heterocycles. The van der Waals surface area contributed by atoms with Crippen LogP contribution in [-0.4, -0.2) is 34.9 Å². The zero-order chi connectivity index (χ0) is 17.9. The van der Waals surface area contributed by atoms with Gasteiger partial charge in [-0.25, -0.2) is 0 Å². The van der Waals surface area contributed by atoms with Gasteiger partial charge in [-0.15, -0.1) is 0 Å². The Morgan fingerprint density at radius 2 is 1.92 bits per heavy atom. The highest BCUT2D eigenvalue weighted by Gasteiger charge is 2.22. The van der Waals surface area contributed by atoms with Crippen molar-refractivity contribution in [3.05, 3.63) is 42.2 Å². The molecule has 26 heavy (non-hydrogen) atoms. The Morgan fingerprint density at radius 1 is 1.12 bits per heavy atom. The summed E-state index contributed by atoms with van der Waals surface area (Å²) in [6.45, 7) is 1.67. The van der Waals surface area contributed by atoms with Crippen molar-refractivity contribution in [1.29, 1.82) is 0 Å². The van der Waals surface area contributed by atoms with E-state index in [1.54, 1.807) is 0 Å². The first kappa shape index (κ1) is 16.7. The van der Waals surface area contributed by atoms with E-state index < -0.39 is 0 Å². The number of aromatic amines is 1. The van der Waals surface area contributed by atoms with E-state index in [2.05, 4.69) is 26.7 Å². The molecule has 2 aromatic heterocycles. The highest BCUT2D eigenvalue weighted by atomic mass is 16.2. The number of para-hydroxylation sites is 1. The van der Waals surface area contributed by atoms with E-state index in [4.69, 9.17) is 0 Å². The average molecular weight is 350 g/mol. The number of benzene rings is 1. The summed E-state index contributed by atoms with van der Waals surface area (Å²) in [7, 11) is 0. The summed E-state index contributed by atoms with van der Waals surface area (Å²) >= 11 is 0. The molecule has 3 N–H and O–H groups in total. The Kier molecular flexibility index (Phi) is 4.67. The van der Waals surface area contributed by atoms with E-state index in [1.807, 2.05) is 30.5 Å². The van der Waals surface area contributed by atoms with E-state index in [9.17, 15) is 9.59 Å². The van der Waals surface area contributed by atoms with Crippen molar-refractivity contribution in [3.63, 3.8) is 0 Å². The third kappa shape index (κ3) is 3.46. The molecule has 1 aliphatic rings. The highest BCUT2D eigenvalue weighted by molar-refractivity contribution is 6.07. The van der Waals surface area contributed by atoms with E-state index in [1.165, 1.54) is 0 Å². The molecule has 4 rings (SSSR count). The van der Waals surface area contributed by atoms with Gasteiger partial charge in [0.2, 0.25) is 11.8 Å². The van der Waals surface area contributed by atoms with E-state index in [0.29, 0.717) is 6.42 Å². The number of aryl methyl sites for hydroxylation is 1. The lowest BCUT2D eigenvalue weighted by molar-refractivity contribution is -0.133. The SMILES string of the molecule is O=C(CCc1cc2c(cn1)[nH]c1ccccc12)NC(=O)C1CCNCC1. The first-order valence-corrected chi connectivity index (χ1v) is 9.10. The highest BCUT2D eigenvalue weighted by Crippen LogP contribution is 2.25. The standard InChI is InChI=1S/C20H22N4O2/c25-19(24-20(26)13-7-9-21-10-8-13)6-5-14-11-16-15-3-1-2-4-17(15)23-18(16)12-22-14/h1-4,11-13,21,23H,5-10H2,(H,24,25,26). The lowest BCUT2D eigenvalue weighted by Gasteiger charge is -2.21. The first-order valence-electron chi connectivity index (χ1n) is 9.10. The van der Waals surface area contributed by atoms with Crippen LogP contribution in [0, 0.1) is 5.92 Å². The van der Waals surface area contributed by atoms with Gasteiger partial charge in [-0.05, 0) is 44.5 Å². The van der Waals surface area contributed by atoms with Gasteiger partial charge in [0.05, 0.1) is 11.7 Å². The lowest BCUT2D eigenvalue weighted by Crippen LogP contribution is -2.40. The number of rotatable bonds is 4. The minimum atomic E-state index is -0.227. The monoisotopic (exact) mass is 350 g/mol. The predicted octanol–water partition coefficient (Wildman–Crippen LogP) is 2.29. The van der Waals surface area contributed by atoms with Gasteiger partial charge in [0.25, 0.3) is 0 Å². The number of imide groups is 1. The predicted molar refractivity (Wildman–Crippen MR) is 101 cm³/mol. The molecule has 2 amide bonds. The molecule has 0 unspecified atom stereocenters. The third-order valence-corrected chi connectivity index (χ3v) is 5.03. The zero-order valence-electron chi connectivity index (χ0n) is 14.5. The number of aromatic nitrogens is 2. The van der Waals surface area contributed by atoms with Crippen LogP contribution in [0.15, 0.2) is 36.5 Å². The van der Waals surface area contributed by atoms with Crippen molar-refractivity contribution in [2.75, 3.05) is 13.1 Å². The summed E-state index contributed by atoms with van der Waals surface area (Å²) < 4.78 is 0.